The Kier molecular flexibility index (Phi) is 5.22. The Morgan fingerprint density at radius 3 is 2.67 bits per heavy atom. The van der Waals surface area contributed by atoms with Gasteiger partial charge in [0.15, 0.2) is 5.11 Å². The number of thiocarbonyl (C=S) groups is 1. The number of thioether (sulfide) groups is 1. The lowest BCUT2D eigenvalue weighted by molar-refractivity contribution is -0.129. The Hall–Kier alpha value is -2.25. The van der Waals surface area contributed by atoms with Crippen LogP contribution in [0.25, 0.3) is 0 Å². The quantitative estimate of drug-likeness (QED) is 0.818. The van der Waals surface area contributed by atoms with Crippen molar-refractivity contribution in [2.45, 2.75) is 5.37 Å². The minimum atomic E-state index is -0.101. The molecule has 1 aliphatic rings. The highest BCUT2D eigenvalue weighted by Gasteiger charge is 2.33. The van der Waals surface area contributed by atoms with E-state index < -0.39 is 0 Å². The number of ether oxygens (including phenoxy) is 1. The molecule has 1 unspecified atom stereocenters. The molecule has 3 rings (SSSR count). The highest BCUT2D eigenvalue weighted by atomic mass is 32.2. The fourth-order valence-electron chi connectivity index (χ4n) is 2.42. The zero-order chi connectivity index (χ0) is 16.9. The average molecular weight is 359 g/mol. The van der Waals surface area contributed by atoms with E-state index in [0.29, 0.717) is 16.6 Å². The van der Waals surface area contributed by atoms with Crippen molar-refractivity contribution in [3.8, 4) is 5.75 Å². The van der Waals surface area contributed by atoms with Crippen LogP contribution in [0.5, 0.6) is 5.75 Å². The molecule has 124 valence electrons. The van der Waals surface area contributed by atoms with Gasteiger partial charge in [-0.1, -0.05) is 42.5 Å². The van der Waals surface area contributed by atoms with Crippen LogP contribution in [-0.2, 0) is 4.79 Å². The number of amides is 1. The first-order valence-electron chi connectivity index (χ1n) is 7.38. The molecule has 1 aliphatic heterocycles. The molecular formula is C17H17N3O2S2. The second kappa shape index (κ2) is 7.55. The third-order valence-corrected chi connectivity index (χ3v) is 4.94. The maximum Gasteiger partial charge on any atom is 0.252 e. The summed E-state index contributed by atoms with van der Waals surface area (Å²) in [6.45, 7) is 0. The molecule has 2 N–H and O–H groups in total. The molecule has 24 heavy (non-hydrogen) atoms. The molecular weight excluding hydrogens is 342 g/mol. The second-order valence-electron chi connectivity index (χ2n) is 5.10. The van der Waals surface area contributed by atoms with E-state index in [9.17, 15) is 4.79 Å². The van der Waals surface area contributed by atoms with Gasteiger partial charge >= 0.3 is 0 Å². The normalized spacial score (nSPS) is 16.8. The largest absolute Gasteiger partial charge is 0.495 e. The lowest BCUT2D eigenvalue weighted by atomic mass is 10.2. The van der Waals surface area contributed by atoms with Crippen LogP contribution in [-0.4, -0.2) is 28.9 Å². The third kappa shape index (κ3) is 3.63. The van der Waals surface area contributed by atoms with Crippen molar-refractivity contribution in [2.24, 2.45) is 0 Å². The lowest BCUT2D eigenvalue weighted by Crippen LogP contribution is -2.46. The predicted molar refractivity (Wildman–Crippen MR) is 101 cm³/mol. The number of hydrogen-bond donors (Lipinski definition) is 2. The maximum atomic E-state index is 12.2. The maximum absolute atomic E-state index is 12.2. The van der Waals surface area contributed by atoms with Crippen LogP contribution < -0.4 is 15.5 Å². The first kappa shape index (κ1) is 16.6. The number of rotatable bonds is 4. The first-order valence-corrected chi connectivity index (χ1v) is 8.84. The second-order valence-corrected chi connectivity index (χ2v) is 6.58. The summed E-state index contributed by atoms with van der Waals surface area (Å²) in [6.07, 6.45) is 0. The van der Waals surface area contributed by atoms with E-state index in [0.717, 1.165) is 11.3 Å². The molecule has 1 saturated heterocycles. The van der Waals surface area contributed by atoms with Gasteiger partial charge in [0.25, 0.3) is 5.91 Å². The number of nitrogens with zero attached hydrogens (tertiary/aromatic N) is 1. The van der Waals surface area contributed by atoms with Crippen LogP contribution in [0.15, 0.2) is 54.6 Å². The highest BCUT2D eigenvalue weighted by molar-refractivity contribution is 8.00. The summed E-state index contributed by atoms with van der Waals surface area (Å²) in [5.41, 5.74) is 4.80. The molecule has 7 heteroatoms. The standard InChI is InChI=1S/C17H17N3O2S2/c1-22-14-10-6-5-9-13(14)18-17(23)19-20-15(21)11-24-16(20)12-7-3-2-4-8-12/h2-10,16H,11H2,1H3,(H2,18,19,23). The zero-order valence-electron chi connectivity index (χ0n) is 13.1. The molecule has 1 heterocycles. The van der Waals surface area contributed by atoms with Crippen molar-refractivity contribution in [3.63, 3.8) is 0 Å². The number of para-hydroxylation sites is 2. The average Bonchev–Trinajstić information content (AvgIpc) is 2.97. The van der Waals surface area contributed by atoms with E-state index in [1.165, 1.54) is 0 Å². The number of benzene rings is 2. The SMILES string of the molecule is COc1ccccc1NC(=S)NN1C(=O)CSC1c1ccccc1. The van der Waals surface area contributed by atoms with Gasteiger partial charge in [0, 0.05) is 0 Å². The van der Waals surface area contributed by atoms with Crippen LogP contribution in [0.2, 0.25) is 0 Å². The summed E-state index contributed by atoms with van der Waals surface area (Å²) in [6, 6.07) is 17.4. The van der Waals surface area contributed by atoms with E-state index in [-0.39, 0.29) is 11.3 Å². The summed E-state index contributed by atoms with van der Waals surface area (Å²) in [7, 11) is 1.60. The summed E-state index contributed by atoms with van der Waals surface area (Å²) in [5, 5.41) is 4.89. The van der Waals surface area contributed by atoms with Crippen LogP contribution in [0.3, 0.4) is 0 Å². The fourth-order valence-corrected chi connectivity index (χ4v) is 3.73. The highest BCUT2D eigenvalue weighted by Crippen LogP contribution is 2.37. The molecule has 0 spiro atoms. The van der Waals surface area contributed by atoms with Crippen molar-refractivity contribution in [2.75, 3.05) is 18.2 Å². The third-order valence-electron chi connectivity index (χ3n) is 3.53. The van der Waals surface area contributed by atoms with Crippen LogP contribution in [0, 0.1) is 0 Å². The van der Waals surface area contributed by atoms with Gasteiger partial charge < -0.3 is 10.1 Å². The van der Waals surface area contributed by atoms with E-state index >= 15 is 0 Å². The minimum absolute atomic E-state index is 0.00182. The van der Waals surface area contributed by atoms with E-state index in [1.54, 1.807) is 23.9 Å². The monoisotopic (exact) mass is 359 g/mol. The summed E-state index contributed by atoms with van der Waals surface area (Å²) < 4.78 is 5.29. The topological polar surface area (TPSA) is 53.6 Å². The lowest BCUT2D eigenvalue weighted by Gasteiger charge is -2.26. The van der Waals surface area contributed by atoms with Gasteiger partial charge in [0.1, 0.15) is 11.1 Å². The molecule has 1 amide bonds. The molecule has 0 aliphatic carbocycles. The molecule has 1 fully saturated rings. The summed E-state index contributed by atoms with van der Waals surface area (Å²) in [5.74, 6) is 1.10. The van der Waals surface area contributed by atoms with Gasteiger partial charge in [-0.15, -0.1) is 11.8 Å². The Morgan fingerprint density at radius 2 is 1.92 bits per heavy atom. The Labute approximate surface area is 150 Å². The fraction of sp³-hybridized carbons (Fsp3) is 0.176. The number of hydrazine groups is 1. The number of hydrogen-bond acceptors (Lipinski definition) is 4. The van der Waals surface area contributed by atoms with Crippen molar-refractivity contribution in [1.29, 1.82) is 0 Å². The first-order chi connectivity index (χ1) is 11.7. The van der Waals surface area contributed by atoms with Gasteiger partial charge in [-0.25, -0.2) is 5.01 Å². The number of carbonyl (C=O) groups excluding carboxylic acids is 1. The zero-order valence-corrected chi connectivity index (χ0v) is 14.7. The molecule has 5 nitrogen and oxygen atoms in total. The van der Waals surface area contributed by atoms with Crippen LogP contribution in [0.1, 0.15) is 10.9 Å². The predicted octanol–water partition coefficient (Wildman–Crippen LogP) is 3.17. The van der Waals surface area contributed by atoms with Crippen LogP contribution in [0.4, 0.5) is 5.69 Å². The van der Waals surface area contributed by atoms with Crippen molar-refractivity contribution in [3.05, 3.63) is 60.2 Å². The van der Waals surface area contributed by atoms with Crippen molar-refractivity contribution >= 4 is 40.7 Å². The smallest absolute Gasteiger partial charge is 0.252 e. The van der Waals surface area contributed by atoms with E-state index in [4.69, 9.17) is 17.0 Å². The Bertz CT molecular complexity index is 740. The van der Waals surface area contributed by atoms with Gasteiger partial charge in [-0.2, -0.15) is 0 Å². The molecule has 1 atom stereocenters. The minimum Gasteiger partial charge on any atom is -0.495 e. The Morgan fingerprint density at radius 1 is 1.21 bits per heavy atom. The number of carbonyl (C=O) groups is 1. The van der Waals surface area contributed by atoms with Gasteiger partial charge in [-0.3, -0.25) is 10.2 Å². The van der Waals surface area contributed by atoms with E-state index in [2.05, 4.69) is 10.7 Å². The number of anilines is 1. The van der Waals surface area contributed by atoms with Crippen molar-refractivity contribution < 1.29 is 9.53 Å². The van der Waals surface area contributed by atoms with Crippen molar-refractivity contribution in [1.82, 2.24) is 10.4 Å². The molecule has 2 aromatic carbocycles. The molecule has 0 bridgehead atoms. The molecule has 0 saturated carbocycles. The molecule has 0 aromatic heterocycles. The van der Waals surface area contributed by atoms with Gasteiger partial charge in [0.2, 0.25) is 0 Å². The summed E-state index contributed by atoms with van der Waals surface area (Å²) in [4.78, 5) is 12.2. The Balaban J connectivity index is 1.71. The van der Waals surface area contributed by atoms with E-state index in [1.807, 2.05) is 54.6 Å². The number of nitrogens with one attached hydrogen (secondary N) is 2. The summed E-state index contributed by atoms with van der Waals surface area (Å²) >= 11 is 6.92. The van der Waals surface area contributed by atoms with Crippen LogP contribution >= 0.6 is 24.0 Å². The van der Waals surface area contributed by atoms with Gasteiger partial charge in [-0.05, 0) is 29.9 Å². The molecule has 2 aromatic rings. The van der Waals surface area contributed by atoms with Gasteiger partial charge in [0.05, 0.1) is 18.6 Å². The number of methoxy groups -OCH3 is 1. The molecule has 0 radical (unpaired) electrons.